The summed E-state index contributed by atoms with van der Waals surface area (Å²) < 4.78 is 78.5. The zero-order valence-electron chi connectivity index (χ0n) is 16.1. The van der Waals surface area contributed by atoms with E-state index in [4.69, 9.17) is 0 Å². The van der Waals surface area contributed by atoms with Crippen molar-refractivity contribution in [2.75, 3.05) is 0 Å². The molecule has 0 aliphatic carbocycles. The minimum absolute atomic E-state index is 0.000526. The van der Waals surface area contributed by atoms with Gasteiger partial charge in [-0.3, -0.25) is 14.5 Å². The second kappa shape index (κ2) is 7.54. The number of alkyl halides is 6. The third-order valence-corrected chi connectivity index (χ3v) is 5.10. The van der Waals surface area contributed by atoms with Crippen LogP contribution in [0.15, 0.2) is 54.2 Å². The molecule has 0 saturated carbocycles. The van der Waals surface area contributed by atoms with Gasteiger partial charge in [-0.25, -0.2) is 0 Å². The number of nitrogens with zero attached hydrogens (tertiary/aromatic N) is 1. The van der Waals surface area contributed by atoms with E-state index in [2.05, 4.69) is 4.98 Å². The molecule has 1 aromatic heterocycles. The molecule has 2 heterocycles. The van der Waals surface area contributed by atoms with E-state index < -0.39 is 47.4 Å². The molecule has 0 spiro atoms. The van der Waals surface area contributed by atoms with E-state index >= 15 is 0 Å². The molecule has 1 saturated heterocycles. The Morgan fingerprint density at radius 3 is 2.19 bits per heavy atom. The maximum atomic E-state index is 13.1. The van der Waals surface area contributed by atoms with E-state index in [-0.39, 0.29) is 18.1 Å². The minimum Gasteiger partial charge on any atom is -0.361 e. The number of H-pyrrole nitrogens is 1. The molecule has 4 nitrogen and oxygen atoms in total. The third-order valence-electron chi connectivity index (χ3n) is 5.10. The summed E-state index contributed by atoms with van der Waals surface area (Å²) in [5.74, 6) is -1.46. The molecule has 0 radical (unpaired) electrons. The summed E-state index contributed by atoms with van der Waals surface area (Å²) in [6.07, 6.45) is -7.21. The van der Waals surface area contributed by atoms with E-state index in [1.807, 2.05) is 12.1 Å². The normalized spacial score (nSPS) is 16.6. The number of fused-ring (bicyclic) bond motifs is 1. The smallest absolute Gasteiger partial charge is 0.361 e. The van der Waals surface area contributed by atoms with Crippen LogP contribution in [0.5, 0.6) is 0 Å². The Morgan fingerprint density at radius 2 is 1.56 bits per heavy atom. The fourth-order valence-electron chi connectivity index (χ4n) is 3.59. The molecule has 1 aliphatic heterocycles. The van der Waals surface area contributed by atoms with Crippen molar-refractivity contribution in [2.45, 2.75) is 25.3 Å². The van der Waals surface area contributed by atoms with E-state index in [9.17, 15) is 35.9 Å². The summed E-state index contributed by atoms with van der Waals surface area (Å²) in [6.45, 7) is -0.699. The lowest BCUT2D eigenvalue weighted by Gasteiger charge is -2.17. The number of para-hydroxylation sites is 1. The first-order valence-corrected chi connectivity index (χ1v) is 9.33. The number of hydrogen-bond donors (Lipinski definition) is 1. The summed E-state index contributed by atoms with van der Waals surface area (Å²) in [5, 5.41) is 0.798. The van der Waals surface area contributed by atoms with Crippen LogP contribution in [0.1, 0.15) is 28.7 Å². The molecule has 0 bridgehead atoms. The first-order valence-electron chi connectivity index (χ1n) is 9.33. The maximum Gasteiger partial charge on any atom is 0.416 e. The molecule has 2 aromatic carbocycles. The van der Waals surface area contributed by atoms with Crippen LogP contribution in [0, 0.1) is 0 Å². The molecule has 32 heavy (non-hydrogen) atoms. The highest BCUT2D eigenvalue weighted by atomic mass is 19.4. The second-order valence-corrected chi connectivity index (χ2v) is 7.34. The third kappa shape index (κ3) is 4.12. The minimum atomic E-state index is -5.02. The van der Waals surface area contributed by atoms with Crippen LogP contribution in [-0.2, 0) is 28.5 Å². The van der Waals surface area contributed by atoms with Gasteiger partial charge in [0.2, 0.25) is 5.91 Å². The highest BCUT2D eigenvalue weighted by molar-refractivity contribution is 6.16. The Kier molecular flexibility index (Phi) is 5.10. The van der Waals surface area contributed by atoms with Crippen molar-refractivity contribution in [3.05, 3.63) is 76.5 Å². The van der Waals surface area contributed by atoms with Crippen LogP contribution in [0.2, 0.25) is 0 Å². The Morgan fingerprint density at radius 1 is 0.938 bits per heavy atom. The zero-order chi connectivity index (χ0) is 23.3. The Labute approximate surface area is 177 Å². The van der Waals surface area contributed by atoms with Crippen molar-refractivity contribution in [3.8, 4) is 0 Å². The molecule has 1 aliphatic rings. The number of likely N-dealkylation sites (tertiary alicyclic amines) is 1. The van der Waals surface area contributed by atoms with Crippen LogP contribution >= 0.6 is 0 Å². The highest BCUT2D eigenvalue weighted by Crippen LogP contribution is 2.37. The van der Waals surface area contributed by atoms with E-state index in [1.54, 1.807) is 18.3 Å². The van der Waals surface area contributed by atoms with Crippen LogP contribution in [0.3, 0.4) is 0 Å². The molecular formula is C22H14F6N2O2. The Hall–Kier alpha value is -3.56. The first kappa shape index (κ1) is 21.7. The van der Waals surface area contributed by atoms with Gasteiger partial charge in [-0.05, 0) is 35.9 Å². The number of amides is 2. The summed E-state index contributed by atoms with van der Waals surface area (Å²) >= 11 is 0. The van der Waals surface area contributed by atoms with Crippen LogP contribution < -0.4 is 0 Å². The highest BCUT2D eigenvalue weighted by Gasteiger charge is 2.38. The number of carbonyl (C=O) groups is 2. The molecule has 2 amide bonds. The summed E-state index contributed by atoms with van der Waals surface area (Å²) in [7, 11) is 0. The predicted octanol–water partition coefficient (Wildman–Crippen LogP) is 5.55. The number of carbonyl (C=O) groups excluding carboxylic acids is 2. The Bertz CT molecular complexity index is 1220. The van der Waals surface area contributed by atoms with E-state index in [0.29, 0.717) is 22.6 Å². The van der Waals surface area contributed by atoms with Gasteiger partial charge in [0.25, 0.3) is 5.91 Å². The summed E-state index contributed by atoms with van der Waals surface area (Å²) in [4.78, 5) is 28.8. The van der Waals surface area contributed by atoms with Crippen LogP contribution in [-0.4, -0.2) is 21.7 Å². The van der Waals surface area contributed by atoms with Crippen molar-refractivity contribution in [3.63, 3.8) is 0 Å². The zero-order valence-corrected chi connectivity index (χ0v) is 16.1. The van der Waals surface area contributed by atoms with E-state index in [0.717, 1.165) is 10.9 Å². The topological polar surface area (TPSA) is 53.2 Å². The number of hydrogen-bond acceptors (Lipinski definition) is 2. The number of aromatic nitrogens is 1. The molecule has 1 fully saturated rings. The van der Waals surface area contributed by atoms with E-state index in [1.165, 1.54) is 6.08 Å². The van der Waals surface area contributed by atoms with Crippen LogP contribution in [0.25, 0.3) is 17.0 Å². The van der Waals surface area contributed by atoms with Crippen molar-refractivity contribution >= 4 is 28.8 Å². The van der Waals surface area contributed by atoms with Gasteiger partial charge < -0.3 is 4.98 Å². The van der Waals surface area contributed by atoms with Crippen LogP contribution in [0.4, 0.5) is 26.3 Å². The second-order valence-electron chi connectivity index (χ2n) is 7.34. The SMILES string of the molecule is O=C1CC(=Cc2c[nH]c3ccccc23)C(=O)N1Cc1cc(C(F)(F)F)cc(C(F)(F)F)c1. The lowest BCUT2D eigenvalue weighted by atomic mass is 10.0. The van der Waals surface area contributed by atoms with Gasteiger partial charge in [0.1, 0.15) is 0 Å². The molecule has 1 N–H and O–H groups in total. The van der Waals surface area contributed by atoms with Crippen molar-refractivity contribution in [1.82, 2.24) is 9.88 Å². The van der Waals surface area contributed by atoms with Gasteiger partial charge in [-0.15, -0.1) is 0 Å². The molecule has 10 heteroatoms. The number of rotatable bonds is 3. The van der Waals surface area contributed by atoms with Gasteiger partial charge >= 0.3 is 12.4 Å². The fraction of sp³-hybridized carbons (Fsp3) is 0.182. The largest absolute Gasteiger partial charge is 0.416 e. The van der Waals surface area contributed by atoms with Gasteiger partial charge in [0.05, 0.1) is 24.1 Å². The average molecular weight is 452 g/mol. The number of nitrogens with one attached hydrogen (secondary N) is 1. The Balaban J connectivity index is 1.65. The fourth-order valence-corrected chi connectivity index (χ4v) is 3.59. The van der Waals surface area contributed by atoms with Gasteiger partial charge in [0, 0.05) is 28.2 Å². The lowest BCUT2D eigenvalue weighted by Crippen LogP contribution is -2.29. The lowest BCUT2D eigenvalue weighted by molar-refractivity contribution is -0.143. The number of benzene rings is 2. The quantitative estimate of drug-likeness (QED) is 0.322. The monoisotopic (exact) mass is 452 g/mol. The molecular weight excluding hydrogens is 438 g/mol. The molecule has 3 aromatic rings. The van der Waals surface area contributed by atoms with Crippen molar-refractivity contribution in [1.29, 1.82) is 0 Å². The first-order chi connectivity index (χ1) is 14.9. The molecule has 0 atom stereocenters. The van der Waals surface area contributed by atoms with Crippen molar-refractivity contribution in [2.24, 2.45) is 0 Å². The number of imide groups is 1. The standard InChI is InChI=1S/C22H14F6N2O2/c23-21(24,25)15-5-12(6-16(9-15)22(26,27)28)11-30-19(31)8-13(20(30)32)7-14-10-29-18-4-2-1-3-17(14)18/h1-7,9-10,29H,8,11H2. The summed E-state index contributed by atoms with van der Waals surface area (Å²) in [6, 6.07) is 8.24. The maximum absolute atomic E-state index is 13.1. The molecule has 0 unspecified atom stereocenters. The average Bonchev–Trinajstić information content (AvgIpc) is 3.23. The van der Waals surface area contributed by atoms with Gasteiger partial charge in [0.15, 0.2) is 0 Å². The molecule has 166 valence electrons. The van der Waals surface area contributed by atoms with Crippen molar-refractivity contribution < 1.29 is 35.9 Å². The molecule has 4 rings (SSSR count). The predicted molar refractivity (Wildman–Crippen MR) is 103 cm³/mol. The van der Waals surface area contributed by atoms with Gasteiger partial charge in [-0.1, -0.05) is 18.2 Å². The number of halogens is 6. The number of aromatic amines is 1. The van der Waals surface area contributed by atoms with Gasteiger partial charge in [-0.2, -0.15) is 26.3 Å². The summed E-state index contributed by atoms with van der Waals surface area (Å²) in [5.41, 5.74) is -1.91.